The van der Waals surface area contributed by atoms with E-state index in [1.165, 1.54) is 13.0 Å². The average Bonchev–Trinajstić information content (AvgIpc) is 2.37. The molecule has 5 nitrogen and oxygen atoms in total. The Morgan fingerprint density at radius 2 is 1.83 bits per heavy atom. The fourth-order valence-corrected chi connectivity index (χ4v) is 2.02. The summed E-state index contributed by atoms with van der Waals surface area (Å²) in [5.41, 5.74) is -1.01. The second-order valence-electron chi connectivity index (χ2n) is 4.70. The van der Waals surface area contributed by atoms with Crippen LogP contribution in [0.4, 0.5) is 0 Å². The Balaban J connectivity index is 5.20. The molecule has 0 aromatic heterocycles. The Morgan fingerprint density at radius 1 is 1.28 bits per heavy atom. The molecule has 0 amide bonds. The lowest BCUT2D eigenvalue weighted by Gasteiger charge is -2.35. The molecule has 1 unspecified atom stereocenters. The van der Waals surface area contributed by atoms with E-state index >= 15 is 0 Å². The van der Waals surface area contributed by atoms with Gasteiger partial charge in [0.15, 0.2) is 0 Å². The SMILES string of the molecule is CCCCC(CO)C(C=C(C)C(=O)O)(CO)CO. The van der Waals surface area contributed by atoms with Crippen LogP contribution in [0.5, 0.6) is 0 Å². The zero-order chi connectivity index (χ0) is 14.2. The summed E-state index contributed by atoms with van der Waals surface area (Å²) in [5.74, 6) is -1.43. The predicted molar refractivity (Wildman–Crippen MR) is 68.1 cm³/mol. The largest absolute Gasteiger partial charge is 0.478 e. The minimum Gasteiger partial charge on any atom is -0.478 e. The third-order valence-electron chi connectivity index (χ3n) is 3.37. The van der Waals surface area contributed by atoms with Crippen molar-refractivity contribution in [3.63, 3.8) is 0 Å². The van der Waals surface area contributed by atoms with Crippen molar-refractivity contribution in [2.75, 3.05) is 19.8 Å². The molecule has 0 saturated carbocycles. The monoisotopic (exact) mass is 260 g/mol. The van der Waals surface area contributed by atoms with E-state index in [1.807, 2.05) is 6.92 Å². The van der Waals surface area contributed by atoms with Gasteiger partial charge in [-0.1, -0.05) is 25.8 Å². The van der Waals surface area contributed by atoms with Gasteiger partial charge in [-0.15, -0.1) is 0 Å². The van der Waals surface area contributed by atoms with Crippen molar-refractivity contribution in [3.8, 4) is 0 Å². The van der Waals surface area contributed by atoms with Crippen LogP contribution >= 0.6 is 0 Å². The lowest BCUT2D eigenvalue weighted by Crippen LogP contribution is -2.39. The quantitative estimate of drug-likeness (QED) is 0.459. The highest BCUT2D eigenvalue weighted by atomic mass is 16.4. The summed E-state index contributed by atoms with van der Waals surface area (Å²) in [5, 5.41) is 37.3. The first-order valence-corrected chi connectivity index (χ1v) is 6.22. The summed E-state index contributed by atoms with van der Waals surface area (Å²) < 4.78 is 0. The number of aliphatic hydroxyl groups is 3. The summed E-state index contributed by atoms with van der Waals surface area (Å²) >= 11 is 0. The lowest BCUT2D eigenvalue weighted by molar-refractivity contribution is -0.132. The molecule has 5 heteroatoms. The van der Waals surface area contributed by atoms with E-state index in [2.05, 4.69) is 0 Å². The van der Waals surface area contributed by atoms with Gasteiger partial charge in [-0.2, -0.15) is 0 Å². The van der Waals surface area contributed by atoms with Crippen molar-refractivity contribution in [1.82, 2.24) is 0 Å². The van der Waals surface area contributed by atoms with Crippen LogP contribution in [0.1, 0.15) is 33.1 Å². The second kappa shape index (κ2) is 8.24. The van der Waals surface area contributed by atoms with Crippen molar-refractivity contribution in [1.29, 1.82) is 0 Å². The van der Waals surface area contributed by atoms with E-state index in [4.69, 9.17) is 5.11 Å². The summed E-state index contributed by atoms with van der Waals surface area (Å²) in [6, 6.07) is 0. The molecule has 0 rings (SSSR count). The first-order chi connectivity index (χ1) is 8.47. The van der Waals surface area contributed by atoms with Gasteiger partial charge in [0, 0.05) is 17.6 Å². The third kappa shape index (κ3) is 4.40. The zero-order valence-corrected chi connectivity index (χ0v) is 11.1. The van der Waals surface area contributed by atoms with Gasteiger partial charge in [0.25, 0.3) is 0 Å². The van der Waals surface area contributed by atoms with Crippen LogP contribution in [0, 0.1) is 11.3 Å². The van der Waals surface area contributed by atoms with Gasteiger partial charge in [0.1, 0.15) is 0 Å². The van der Waals surface area contributed by atoms with Crippen LogP contribution in [0.15, 0.2) is 11.6 Å². The van der Waals surface area contributed by atoms with Gasteiger partial charge in [0.05, 0.1) is 13.2 Å². The summed E-state index contributed by atoms with van der Waals surface area (Å²) in [4.78, 5) is 10.8. The molecule has 0 aliphatic rings. The molecule has 0 radical (unpaired) electrons. The molecule has 0 aromatic carbocycles. The van der Waals surface area contributed by atoms with Crippen LogP contribution in [0.2, 0.25) is 0 Å². The number of carboxylic acid groups (broad SMARTS) is 1. The van der Waals surface area contributed by atoms with E-state index in [9.17, 15) is 20.1 Å². The van der Waals surface area contributed by atoms with E-state index in [-0.39, 0.29) is 31.3 Å². The van der Waals surface area contributed by atoms with E-state index in [0.717, 1.165) is 12.8 Å². The Labute approximate surface area is 108 Å². The lowest BCUT2D eigenvalue weighted by atomic mass is 9.73. The Morgan fingerprint density at radius 3 is 2.17 bits per heavy atom. The van der Waals surface area contributed by atoms with E-state index in [1.54, 1.807) is 0 Å². The fraction of sp³-hybridized carbons (Fsp3) is 0.769. The van der Waals surface area contributed by atoms with Crippen LogP contribution in [0.25, 0.3) is 0 Å². The van der Waals surface area contributed by atoms with Crippen LogP contribution in [-0.4, -0.2) is 46.2 Å². The second-order valence-corrected chi connectivity index (χ2v) is 4.70. The minimum atomic E-state index is -1.09. The van der Waals surface area contributed by atoms with Crippen LogP contribution < -0.4 is 0 Å². The van der Waals surface area contributed by atoms with Gasteiger partial charge in [0.2, 0.25) is 0 Å². The molecule has 0 saturated heterocycles. The number of aliphatic hydroxyl groups excluding tert-OH is 3. The Hall–Kier alpha value is -0.910. The maximum atomic E-state index is 10.8. The smallest absolute Gasteiger partial charge is 0.330 e. The predicted octanol–water partition coefficient (Wildman–Crippen LogP) is 0.787. The normalized spacial score (nSPS) is 14.6. The molecule has 0 aliphatic heterocycles. The molecule has 106 valence electrons. The first kappa shape index (κ1) is 17.1. The molecule has 1 atom stereocenters. The zero-order valence-electron chi connectivity index (χ0n) is 11.1. The highest BCUT2D eigenvalue weighted by Crippen LogP contribution is 2.33. The van der Waals surface area contributed by atoms with Gasteiger partial charge in [-0.25, -0.2) is 4.79 Å². The van der Waals surface area contributed by atoms with Crippen LogP contribution in [-0.2, 0) is 4.79 Å². The number of hydrogen-bond acceptors (Lipinski definition) is 4. The maximum absolute atomic E-state index is 10.8. The average molecular weight is 260 g/mol. The molecule has 0 spiro atoms. The molecule has 0 aliphatic carbocycles. The summed E-state index contributed by atoms with van der Waals surface area (Å²) in [6.07, 6.45) is 3.79. The van der Waals surface area contributed by atoms with Crippen molar-refractivity contribution in [2.24, 2.45) is 11.3 Å². The molecule has 0 aromatic rings. The van der Waals surface area contributed by atoms with Crippen LogP contribution in [0.3, 0.4) is 0 Å². The molecular weight excluding hydrogens is 236 g/mol. The molecule has 0 fully saturated rings. The first-order valence-electron chi connectivity index (χ1n) is 6.22. The van der Waals surface area contributed by atoms with E-state index in [0.29, 0.717) is 6.42 Å². The van der Waals surface area contributed by atoms with Gasteiger partial charge < -0.3 is 20.4 Å². The number of rotatable bonds is 9. The molecule has 18 heavy (non-hydrogen) atoms. The topological polar surface area (TPSA) is 98.0 Å². The number of carboxylic acids is 1. The molecule has 0 heterocycles. The molecule has 0 bridgehead atoms. The standard InChI is InChI=1S/C13H24O5/c1-3-4-5-11(7-14)13(8-15,9-16)6-10(2)12(17)18/h6,11,14-16H,3-5,7-9H2,1-2H3,(H,17,18). The van der Waals surface area contributed by atoms with Crippen molar-refractivity contribution >= 4 is 5.97 Å². The fourth-order valence-electron chi connectivity index (χ4n) is 2.02. The minimum absolute atomic E-state index is 0.0630. The molecular formula is C13H24O5. The summed E-state index contributed by atoms with van der Waals surface area (Å²) in [6.45, 7) is 2.46. The summed E-state index contributed by atoms with van der Waals surface area (Å²) in [7, 11) is 0. The van der Waals surface area contributed by atoms with Gasteiger partial charge >= 0.3 is 5.97 Å². The number of aliphatic carboxylic acids is 1. The highest BCUT2D eigenvalue weighted by molar-refractivity contribution is 5.85. The van der Waals surface area contributed by atoms with Gasteiger partial charge in [-0.05, 0) is 19.3 Å². The number of carbonyl (C=O) groups is 1. The third-order valence-corrected chi connectivity index (χ3v) is 3.37. The van der Waals surface area contributed by atoms with Crippen molar-refractivity contribution in [2.45, 2.75) is 33.1 Å². The molecule has 4 N–H and O–H groups in total. The van der Waals surface area contributed by atoms with Crippen molar-refractivity contribution in [3.05, 3.63) is 11.6 Å². The highest BCUT2D eigenvalue weighted by Gasteiger charge is 2.35. The Kier molecular flexibility index (Phi) is 7.82. The van der Waals surface area contributed by atoms with E-state index < -0.39 is 11.4 Å². The van der Waals surface area contributed by atoms with Crippen molar-refractivity contribution < 1.29 is 25.2 Å². The van der Waals surface area contributed by atoms with Gasteiger partial charge in [-0.3, -0.25) is 0 Å². The number of hydrogen-bond donors (Lipinski definition) is 4. The maximum Gasteiger partial charge on any atom is 0.330 e. The Bertz CT molecular complexity index is 281. The number of unbranched alkanes of at least 4 members (excludes halogenated alkanes) is 1.